The molecule has 0 fully saturated rings. The zero-order valence-electron chi connectivity index (χ0n) is 5.07. The molecule has 9 heavy (non-hydrogen) atoms. The Bertz CT molecular complexity index is 151. The van der Waals surface area contributed by atoms with E-state index in [9.17, 15) is 8.42 Å². The largest absolute Gasteiger partial charge is 0.396 e. The fraction of sp³-hybridized carbons (Fsp3) is 1.00. The van der Waals surface area contributed by atoms with Crippen molar-refractivity contribution < 1.29 is 17.2 Å². The van der Waals surface area contributed by atoms with Crippen LogP contribution in [0.15, 0.2) is 0 Å². The van der Waals surface area contributed by atoms with Crippen LogP contribution in [0, 0.1) is 0 Å². The molecule has 0 aliphatic heterocycles. The van der Waals surface area contributed by atoms with Crippen molar-refractivity contribution >= 4 is 17.7 Å². The van der Waals surface area contributed by atoms with Crippen molar-refractivity contribution in [2.75, 3.05) is 6.51 Å². The van der Waals surface area contributed by atoms with Crippen molar-refractivity contribution in [3.63, 3.8) is 0 Å². The Morgan fingerprint density at radius 1 is 1.67 bits per heavy atom. The summed E-state index contributed by atoms with van der Waals surface area (Å²) >= 11 is 0. The van der Waals surface area contributed by atoms with Gasteiger partial charge < -0.3 is 0 Å². The van der Waals surface area contributed by atoms with Crippen LogP contribution in [-0.2, 0) is 14.6 Å². The predicted molar refractivity (Wildman–Crippen MR) is 33.7 cm³/mol. The van der Waals surface area contributed by atoms with E-state index in [-0.39, 0.29) is 6.51 Å². The topological polar surface area (TPSA) is 63.6 Å². The Morgan fingerprint density at radius 3 is 2.56 bits per heavy atom. The molecule has 0 rings (SSSR count). The molecule has 0 bridgehead atoms. The minimum absolute atomic E-state index is 0.0602. The molecule has 0 spiro atoms. The van der Waals surface area contributed by atoms with Gasteiger partial charge in [-0.3, -0.25) is 8.74 Å². The van der Waals surface area contributed by atoms with Gasteiger partial charge in [-0.15, -0.1) is 0 Å². The summed E-state index contributed by atoms with van der Waals surface area (Å²) in [6.45, 7) is 1.78. The van der Waals surface area contributed by atoms with Crippen molar-refractivity contribution in [1.82, 2.24) is 0 Å². The average molecular weight is 151 g/mol. The number of hydrogen-bond donors (Lipinski definition) is 1. The molecule has 1 radical (unpaired) electrons. The maximum absolute atomic E-state index is 9.82. The van der Waals surface area contributed by atoms with Crippen LogP contribution < -0.4 is 0 Å². The third-order valence-electron chi connectivity index (χ3n) is 0.623. The summed E-state index contributed by atoms with van der Waals surface area (Å²) in [7, 11) is -2.64. The summed E-state index contributed by atoms with van der Waals surface area (Å²) in [5.74, 6) is 0. The quantitative estimate of drug-likeness (QED) is 0.346. The van der Waals surface area contributed by atoms with Gasteiger partial charge in [-0.05, 0) is 0 Å². The van der Waals surface area contributed by atoms with Crippen LogP contribution in [0.5, 0.6) is 0 Å². The summed E-state index contributed by atoms with van der Waals surface area (Å²) in [4.78, 5) is 0. The molecule has 0 aliphatic rings. The van der Waals surface area contributed by atoms with Gasteiger partial charge >= 0.3 is 10.4 Å². The van der Waals surface area contributed by atoms with Gasteiger partial charge in [0.05, 0.1) is 0 Å². The lowest BCUT2D eigenvalue weighted by molar-refractivity contribution is 0.308. The highest BCUT2D eigenvalue weighted by atomic mass is 32.3. The molecular weight excluding hydrogens is 143 g/mol. The van der Waals surface area contributed by atoms with Gasteiger partial charge in [-0.1, -0.05) is 13.2 Å². The summed E-state index contributed by atoms with van der Waals surface area (Å²) in [5.41, 5.74) is 0. The molecule has 0 aromatic heterocycles. The van der Waals surface area contributed by atoms with Crippen LogP contribution in [0.2, 0.25) is 6.32 Å². The van der Waals surface area contributed by atoms with Gasteiger partial charge in [0.1, 0.15) is 7.28 Å². The molecule has 53 valence electrons. The first kappa shape index (κ1) is 8.93. The molecule has 0 aromatic rings. The highest BCUT2D eigenvalue weighted by Gasteiger charge is 2.01. The number of rotatable bonds is 4. The minimum Gasteiger partial charge on any atom is -0.264 e. The van der Waals surface area contributed by atoms with E-state index in [1.807, 2.05) is 6.92 Å². The SMILES string of the molecule is CC[B]COS(=O)(=O)O. The van der Waals surface area contributed by atoms with Crippen molar-refractivity contribution in [2.24, 2.45) is 0 Å². The molecule has 0 saturated carbocycles. The Balaban J connectivity index is 3.30. The third kappa shape index (κ3) is 7.93. The first-order valence-corrected chi connectivity index (χ1v) is 3.86. The van der Waals surface area contributed by atoms with E-state index in [0.29, 0.717) is 0 Å². The zero-order chi connectivity index (χ0) is 7.33. The highest BCUT2D eigenvalue weighted by molar-refractivity contribution is 7.80. The monoisotopic (exact) mass is 151 g/mol. The Hall–Kier alpha value is -0.0651. The second-order valence-corrected chi connectivity index (χ2v) is 2.50. The Morgan fingerprint density at radius 2 is 2.22 bits per heavy atom. The molecule has 4 nitrogen and oxygen atoms in total. The van der Waals surface area contributed by atoms with E-state index in [1.54, 1.807) is 7.28 Å². The second kappa shape index (κ2) is 3.87. The van der Waals surface area contributed by atoms with Gasteiger partial charge in [-0.25, -0.2) is 0 Å². The maximum Gasteiger partial charge on any atom is 0.396 e. The summed E-state index contributed by atoms with van der Waals surface area (Å²) in [6.07, 6.45) is 0.718. The first-order chi connectivity index (χ1) is 4.06. The van der Waals surface area contributed by atoms with Crippen molar-refractivity contribution in [3.8, 4) is 0 Å². The first-order valence-electron chi connectivity index (χ1n) is 2.49. The van der Waals surface area contributed by atoms with Crippen LogP contribution in [0.3, 0.4) is 0 Å². The fourth-order valence-electron chi connectivity index (χ4n) is 0.252. The summed E-state index contributed by atoms with van der Waals surface area (Å²) < 4.78 is 31.6. The van der Waals surface area contributed by atoms with Crippen LogP contribution in [-0.4, -0.2) is 26.8 Å². The standard InChI is InChI=1S/C3H8BO4S/c1-2-4-3-8-9(5,6)7/h2-3H2,1H3,(H,5,6,7). The molecule has 1 N–H and O–H groups in total. The van der Waals surface area contributed by atoms with Crippen molar-refractivity contribution in [3.05, 3.63) is 0 Å². The number of hydrogen-bond acceptors (Lipinski definition) is 3. The zero-order valence-corrected chi connectivity index (χ0v) is 5.89. The van der Waals surface area contributed by atoms with Crippen LogP contribution in [0.4, 0.5) is 0 Å². The van der Waals surface area contributed by atoms with E-state index < -0.39 is 10.4 Å². The van der Waals surface area contributed by atoms with Crippen molar-refractivity contribution in [1.29, 1.82) is 0 Å². The fourth-order valence-corrected chi connectivity index (χ4v) is 0.520. The molecule has 0 heterocycles. The molecule has 0 saturated heterocycles. The summed E-state index contributed by atoms with van der Waals surface area (Å²) in [6, 6.07) is 0. The molecule has 0 amide bonds. The predicted octanol–water partition coefficient (Wildman–Crippen LogP) is -0.0943. The molecule has 6 heteroatoms. The van der Waals surface area contributed by atoms with E-state index >= 15 is 0 Å². The van der Waals surface area contributed by atoms with E-state index in [4.69, 9.17) is 4.55 Å². The molecular formula is C3H8BO4S. The molecule has 0 aliphatic carbocycles. The Labute approximate surface area is 55.4 Å². The lowest BCUT2D eigenvalue weighted by atomic mass is 9.77. The molecule has 0 aromatic carbocycles. The lowest BCUT2D eigenvalue weighted by Gasteiger charge is -1.93. The second-order valence-electron chi connectivity index (χ2n) is 1.41. The minimum atomic E-state index is -4.23. The lowest BCUT2D eigenvalue weighted by Crippen LogP contribution is -2.09. The normalized spacial score (nSPS) is 11.3. The summed E-state index contributed by atoms with van der Waals surface area (Å²) in [5, 5.41) is 0. The van der Waals surface area contributed by atoms with E-state index in [2.05, 4.69) is 4.18 Å². The van der Waals surface area contributed by atoms with Gasteiger partial charge in [0.15, 0.2) is 0 Å². The third-order valence-corrected chi connectivity index (χ3v) is 1.06. The smallest absolute Gasteiger partial charge is 0.264 e. The van der Waals surface area contributed by atoms with Gasteiger partial charge in [0.25, 0.3) is 0 Å². The van der Waals surface area contributed by atoms with Crippen LogP contribution in [0.25, 0.3) is 0 Å². The average Bonchev–Trinajstić information content (AvgIpc) is 1.63. The van der Waals surface area contributed by atoms with Gasteiger partial charge in [-0.2, -0.15) is 8.42 Å². The Kier molecular flexibility index (Phi) is 3.84. The molecule has 0 unspecified atom stereocenters. The molecule has 0 atom stereocenters. The van der Waals surface area contributed by atoms with Crippen LogP contribution >= 0.6 is 0 Å². The van der Waals surface area contributed by atoms with Gasteiger partial charge in [0, 0.05) is 6.51 Å². The van der Waals surface area contributed by atoms with E-state index in [1.165, 1.54) is 0 Å². The van der Waals surface area contributed by atoms with Crippen molar-refractivity contribution in [2.45, 2.75) is 13.2 Å². The van der Waals surface area contributed by atoms with Crippen LogP contribution in [0.1, 0.15) is 6.92 Å². The maximum atomic E-state index is 9.82. The highest BCUT2D eigenvalue weighted by Crippen LogP contribution is 1.84. The van der Waals surface area contributed by atoms with E-state index in [0.717, 1.165) is 6.32 Å². The van der Waals surface area contributed by atoms with Gasteiger partial charge in [0.2, 0.25) is 0 Å².